The molecule has 1 aromatic heterocycles. The average molecular weight is 555 g/mol. The molecule has 1 aliphatic heterocycles. The van der Waals surface area contributed by atoms with Crippen LogP contribution in [0.25, 0.3) is 0 Å². The maximum absolute atomic E-state index is 13.6. The predicted octanol–water partition coefficient (Wildman–Crippen LogP) is 4.10. The number of pyridine rings is 1. The molecule has 2 aromatic rings. The van der Waals surface area contributed by atoms with Crippen LogP contribution in [0.2, 0.25) is 0 Å². The van der Waals surface area contributed by atoms with Crippen molar-refractivity contribution >= 4 is 35.8 Å². The highest BCUT2D eigenvalue weighted by Crippen LogP contribution is 2.23. The van der Waals surface area contributed by atoms with Gasteiger partial charge in [-0.25, -0.2) is 14.4 Å². The summed E-state index contributed by atoms with van der Waals surface area (Å²) >= 11 is 0. The Morgan fingerprint density at radius 3 is 2.81 bits per heavy atom. The Hall–Kier alpha value is -1.94. The molecule has 3 rings (SSSR count). The van der Waals surface area contributed by atoms with Crippen molar-refractivity contribution in [3.63, 3.8) is 0 Å². The van der Waals surface area contributed by atoms with Gasteiger partial charge in [0.2, 0.25) is 0 Å². The van der Waals surface area contributed by atoms with Gasteiger partial charge < -0.3 is 20.3 Å². The summed E-state index contributed by atoms with van der Waals surface area (Å²) in [6.07, 6.45) is 2.05. The third-order valence-electron chi connectivity index (χ3n) is 5.44. The van der Waals surface area contributed by atoms with E-state index in [1.54, 1.807) is 12.1 Å². The van der Waals surface area contributed by atoms with E-state index < -0.39 is 0 Å². The second kappa shape index (κ2) is 12.3. The zero-order chi connectivity index (χ0) is 22.3. The summed E-state index contributed by atoms with van der Waals surface area (Å²) in [6.45, 7) is 12.7. The van der Waals surface area contributed by atoms with Gasteiger partial charge in [0, 0.05) is 37.8 Å². The molecule has 0 aliphatic carbocycles. The van der Waals surface area contributed by atoms with Crippen LogP contribution in [0.1, 0.15) is 38.8 Å². The van der Waals surface area contributed by atoms with Crippen LogP contribution in [0.15, 0.2) is 47.6 Å². The van der Waals surface area contributed by atoms with Crippen LogP contribution < -0.4 is 15.5 Å². The lowest BCUT2D eigenvalue weighted by molar-refractivity contribution is 0.0529. The van der Waals surface area contributed by atoms with Crippen LogP contribution in [-0.2, 0) is 16.7 Å². The third-order valence-corrected chi connectivity index (χ3v) is 5.44. The Kier molecular flexibility index (Phi) is 10.1. The minimum atomic E-state index is -0.241. The highest BCUT2D eigenvalue weighted by molar-refractivity contribution is 14.0. The molecule has 1 unspecified atom stereocenters. The van der Waals surface area contributed by atoms with Gasteiger partial charge >= 0.3 is 0 Å². The molecular formula is C24H35FIN5O. The van der Waals surface area contributed by atoms with Gasteiger partial charge in [-0.15, -0.1) is 24.0 Å². The van der Waals surface area contributed by atoms with Crippen LogP contribution in [0, 0.1) is 5.82 Å². The molecule has 0 bridgehead atoms. The lowest BCUT2D eigenvalue weighted by atomic mass is 9.84. The minimum Gasteiger partial charge on any atom is -0.375 e. The van der Waals surface area contributed by atoms with E-state index in [1.807, 2.05) is 25.3 Å². The standard InChI is InChI=1S/C24H34FN5O.HI/c1-5-26-23(29-17-24(3,4)20-7-6-8-21(25)14-20)28-15-19-9-10-27-22(13-19)30-11-12-31-18(2)16-30;/h6-10,13-14,18H,5,11-12,15-17H2,1-4H3,(H2,26,28,29);1H. The molecule has 0 radical (unpaired) electrons. The first-order valence-electron chi connectivity index (χ1n) is 11.0. The van der Waals surface area contributed by atoms with Crippen LogP contribution >= 0.6 is 24.0 Å². The molecule has 1 aliphatic rings. The average Bonchev–Trinajstić information content (AvgIpc) is 2.76. The quantitative estimate of drug-likeness (QED) is 0.306. The Bertz CT molecular complexity index is 892. The highest BCUT2D eigenvalue weighted by atomic mass is 127. The van der Waals surface area contributed by atoms with Crippen LogP contribution in [0.4, 0.5) is 10.2 Å². The summed E-state index contributed by atoms with van der Waals surface area (Å²) in [4.78, 5) is 11.5. The molecular weight excluding hydrogens is 520 g/mol. The van der Waals surface area contributed by atoms with Gasteiger partial charge in [-0.05, 0) is 49.2 Å². The number of halogens is 2. The molecule has 1 saturated heterocycles. The van der Waals surface area contributed by atoms with E-state index >= 15 is 0 Å². The largest absolute Gasteiger partial charge is 0.375 e. The second-order valence-corrected chi connectivity index (χ2v) is 8.59. The summed E-state index contributed by atoms with van der Waals surface area (Å²) in [7, 11) is 0. The summed E-state index contributed by atoms with van der Waals surface area (Å²) in [5.74, 6) is 1.49. The van der Waals surface area contributed by atoms with Crippen molar-refractivity contribution in [2.75, 3.05) is 37.7 Å². The van der Waals surface area contributed by atoms with Crippen LogP contribution in [-0.4, -0.2) is 49.8 Å². The first kappa shape index (κ1) is 26.3. The summed E-state index contributed by atoms with van der Waals surface area (Å²) in [6, 6.07) is 10.9. The first-order valence-corrected chi connectivity index (χ1v) is 11.0. The molecule has 2 heterocycles. The lowest BCUT2D eigenvalue weighted by Gasteiger charge is -2.32. The van der Waals surface area contributed by atoms with Gasteiger partial charge in [-0.3, -0.25) is 0 Å². The molecule has 32 heavy (non-hydrogen) atoms. The van der Waals surface area contributed by atoms with Gasteiger partial charge in [0.15, 0.2) is 5.96 Å². The van der Waals surface area contributed by atoms with Crippen molar-refractivity contribution < 1.29 is 9.13 Å². The van der Waals surface area contributed by atoms with Crippen LogP contribution in [0.5, 0.6) is 0 Å². The summed E-state index contributed by atoms with van der Waals surface area (Å²) in [5, 5.41) is 6.70. The van der Waals surface area contributed by atoms with E-state index in [0.717, 1.165) is 49.1 Å². The number of ether oxygens (including phenoxy) is 1. The van der Waals surface area contributed by atoms with Gasteiger partial charge in [-0.1, -0.05) is 26.0 Å². The predicted molar refractivity (Wildman–Crippen MR) is 140 cm³/mol. The molecule has 6 nitrogen and oxygen atoms in total. The number of aliphatic imine (C=N–C) groups is 1. The number of guanidine groups is 1. The molecule has 1 aromatic carbocycles. The minimum absolute atomic E-state index is 0. The van der Waals surface area contributed by atoms with E-state index in [4.69, 9.17) is 9.73 Å². The van der Waals surface area contributed by atoms with Crippen molar-refractivity contribution in [2.45, 2.75) is 45.8 Å². The number of hydrogen-bond donors (Lipinski definition) is 2. The normalized spacial score (nSPS) is 17.0. The van der Waals surface area contributed by atoms with Crippen molar-refractivity contribution in [1.82, 2.24) is 15.6 Å². The van der Waals surface area contributed by atoms with E-state index in [9.17, 15) is 4.39 Å². The topological polar surface area (TPSA) is 61.8 Å². The summed E-state index contributed by atoms with van der Waals surface area (Å²) < 4.78 is 19.3. The molecule has 1 fully saturated rings. The van der Waals surface area contributed by atoms with Gasteiger partial charge in [0.25, 0.3) is 0 Å². The molecule has 8 heteroatoms. The zero-order valence-corrected chi connectivity index (χ0v) is 21.7. The van der Waals surface area contributed by atoms with Gasteiger partial charge in [0.1, 0.15) is 11.6 Å². The maximum Gasteiger partial charge on any atom is 0.191 e. The molecule has 0 amide bonds. The molecule has 1 atom stereocenters. The van der Waals surface area contributed by atoms with Crippen molar-refractivity contribution in [3.8, 4) is 0 Å². The number of benzene rings is 1. The Balaban J connectivity index is 0.00000363. The fourth-order valence-electron chi connectivity index (χ4n) is 3.59. The van der Waals surface area contributed by atoms with E-state index in [1.165, 1.54) is 6.07 Å². The van der Waals surface area contributed by atoms with E-state index in [0.29, 0.717) is 13.1 Å². The zero-order valence-electron chi connectivity index (χ0n) is 19.4. The Labute approximate surface area is 208 Å². The monoisotopic (exact) mass is 555 g/mol. The molecule has 176 valence electrons. The fourth-order valence-corrected chi connectivity index (χ4v) is 3.59. The number of hydrogen-bond acceptors (Lipinski definition) is 4. The van der Waals surface area contributed by atoms with Crippen molar-refractivity contribution in [1.29, 1.82) is 0 Å². The van der Waals surface area contributed by atoms with E-state index in [-0.39, 0.29) is 41.3 Å². The lowest BCUT2D eigenvalue weighted by Crippen LogP contribution is -2.43. The van der Waals surface area contributed by atoms with Crippen LogP contribution in [0.3, 0.4) is 0 Å². The summed E-state index contributed by atoms with van der Waals surface area (Å²) in [5.41, 5.74) is 1.81. The molecule has 0 saturated carbocycles. The van der Waals surface area contributed by atoms with Gasteiger partial charge in [0.05, 0.1) is 19.3 Å². The first-order chi connectivity index (χ1) is 14.9. The number of anilines is 1. The van der Waals surface area contributed by atoms with E-state index in [2.05, 4.69) is 47.4 Å². The SMILES string of the molecule is CCNC(=NCc1ccnc(N2CCOC(C)C2)c1)NCC(C)(C)c1cccc(F)c1.I. The highest BCUT2D eigenvalue weighted by Gasteiger charge is 2.21. The smallest absolute Gasteiger partial charge is 0.191 e. The van der Waals surface area contributed by atoms with Crippen molar-refractivity contribution in [2.24, 2.45) is 4.99 Å². The number of nitrogens with one attached hydrogen (secondary N) is 2. The van der Waals surface area contributed by atoms with Gasteiger partial charge in [-0.2, -0.15) is 0 Å². The maximum atomic E-state index is 13.6. The Morgan fingerprint density at radius 1 is 1.28 bits per heavy atom. The molecule has 0 spiro atoms. The number of morpholine rings is 1. The molecule has 2 N–H and O–H groups in total. The number of aromatic nitrogens is 1. The van der Waals surface area contributed by atoms with Crippen molar-refractivity contribution in [3.05, 3.63) is 59.5 Å². The fraction of sp³-hybridized carbons (Fsp3) is 0.500. The number of nitrogens with zero attached hydrogens (tertiary/aromatic N) is 3. The second-order valence-electron chi connectivity index (χ2n) is 8.59. The third kappa shape index (κ3) is 7.58. The number of rotatable bonds is 7. The Morgan fingerprint density at radius 2 is 2.09 bits per heavy atom.